The van der Waals surface area contributed by atoms with Crippen molar-refractivity contribution in [2.75, 3.05) is 0 Å². The highest BCUT2D eigenvalue weighted by atomic mass is 19.4. The Labute approximate surface area is 209 Å². The van der Waals surface area contributed by atoms with Crippen molar-refractivity contribution < 1.29 is 27.8 Å². The largest absolute Gasteiger partial charge is 0.573 e. The van der Waals surface area contributed by atoms with E-state index in [9.17, 15) is 18.0 Å². The first-order chi connectivity index (χ1) is 16.8. The molecule has 1 aliphatic rings. The van der Waals surface area contributed by atoms with Crippen LogP contribution in [0.5, 0.6) is 5.75 Å². The van der Waals surface area contributed by atoms with Crippen LogP contribution in [0.1, 0.15) is 75.0 Å². The fourth-order valence-electron chi connectivity index (χ4n) is 5.87. The molecule has 2 atom stereocenters. The Hall–Kier alpha value is -3.03. The predicted molar refractivity (Wildman–Crippen MR) is 132 cm³/mol. The Morgan fingerprint density at radius 1 is 1.19 bits per heavy atom. The zero-order valence-corrected chi connectivity index (χ0v) is 21.2. The number of hydrogen-bond acceptors (Lipinski definition) is 3. The van der Waals surface area contributed by atoms with E-state index in [-0.39, 0.29) is 23.6 Å². The Balaban J connectivity index is 1.74. The fraction of sp³-hybridized carbons (Fsp3) is 0.500. The third-order valence-corrected chi connectivity index (χ3v) is 7.08. The molecule has 0 saturated heterocycles. The molecule has 2 aromatic carbocycles. The highest BCUT2D eigenvalue weighted by Crippen LogP contribution is 2.45. The molecule has 8 heteroatoms. The first-order valence-electron chi connectivity index (χ1n) is 12.4. The topological polar surface area (TPSA) is 64.3 Å². The number of ether oxygens (including phenoxy) is 1. The molecule has 0 radical (unpaired) electrons. The van der Waals surface area contributed by atoms with Gasteiger partial charge < -0.3 is 14.4 Å². The number of benzene rings is 2. The third-order valence-electron chi connectivity index (χ3n) is 7.08. The molecular formula is C28H33F3N2O3. The number of imidazole rings is 1. The molecule has 0 aliphatic heterocycles. The molecule has 1 aliphatic carbocycles. The molecule has 1 N–H and O–H groups in total. The van der Waals surface area contributed by atoms with Gasteiger partial charge in [-0.1, -0.05) is 32.9 Å². The van der Waals surface area contributed by atoms with Gasteiger partial charge in [-0.2, -0.15) is 0 Å². The van der Waals surface area contributed by atoms with E-state index in [1.54, 1.807) is 12.1 Å². The lowest BCUT2D eigenvalue weighted by Gasteiger charge is -2.40. The van der Waals surface area contributed by atoms with Crippen molar-refractivity contribution in [1.29, 1.82) is 0 Å². The van der Waals surface area contributed by atoms with Crippen molar-refractivity contribution in [2.24, 2.45) is 11.3 Å². The predicted octanol–water partition coefficient (Wildman–Crippen LogP) is 7.24. The molecule has 0 amide bonds. The van der Waals surface area contributed by atoms with Gasteiger partial charge in [0.05, 0.1) is 11.0 Å². The van der Waals surface area contributed by atoms with Crippen LogP contribution >= 0.6 is 0 Å². The molecule has 1 fully saturated rings. The van der Waals surface area contributed by atoms with Gasteiger partial charge in [0.1, 0.15) is 11.6 Å². The summed E-state index contributed by atoms with van der Waals surface area (Å²) in [6.07, 6.45) is -0.571. The first kappa shape index (κ1) is 26.0. The molecule has 1 heterocycles. The van der Waals surface area contributed by atoms with Gasteiger partial charge in [0, 0.05) is 18.9 Å². The second-order valence-electron chi connectivity index (χ2n) is 11.0. The average molecular weight is 503 g/mol. The van der Waals surface area contributed by atoms with Gasteiger partial charge in [-0.15, -0.1) is 13.2 Å². The quantitative estimate of drug-likeness (QED) is 0.370. The van der Waals surface area contributed by atoms with Crippen molar-refractivity contribution >= 4 is 17.0 Å². The molecule has 36 heavy (non-hydrogen) atoms. The van der Waals surface area contributed by atoms with Crippen molar-refractivity contribution in [2.45, 2.75) is 78.6 Å². The number of aromatic nitrogens is 2. The van der Waals surface area contributed by atoms with E-state index in [1.165, 1.54) is 12.1 Å². The van der Waals surface area contributed by atoms with Gasteiger partial charge in [0.2, 0.25) is 0 Å². The van der Waals surface area contributed by atoms with E-state index >= 15 is 0 Å². The molecule has 5 nitrogen and oxygen atoms in total. The van der Waals surface area contributed by atoms with E-state index in [4.69, 9.17) is 10.1 Å². The number of aryl methyl sites for hydroxylation is 2. The average Bonchev–Trinajstić information content (AvgIpc) is 3.07. The van der Waals surface area contributed by atoms with Crippen LogP contribution in [0, 0.1) is 18.3 Å². The molecule has 1 aromatic heterocycles. The van der Waals surface area contributed by atoms with Gasteiger partial charge in [0.15, 0.2) is 0 Å². The first-order valence-corrected chi connectivity index (χ1v) is 12.4. The number of hydrogen-bond donors (Lipinski definition) is 1. The highest BCUT2D eigenvalue weighted by molar-refractivity contribution is 5.79. The van der Waals surface area contributed by atoms with E-state index in [1.807, 2.05) is 13.0 Å². The Kier molecular flexibility index (Phi) is 7.08. The summed E-state index contributed by atoms with van der Waals surface area (Å²) in [7, 11) is 0. The van der Waals surface area contributed by atoms with Crippen molar-refractivity contribution in [3.05, 3.63) is 58.9 Å². The summed E-state index contributed by atoms with van der Waals surface area (Å²) < 4.78 is 44.0. The third kappa shape index (κ3) is 6.20. The van der Waals surface area contributed by atoms with Crippen LogP contribution in [0.3, 0.4) is 0 Å². The minimum Gasteiger partial charge on any atom is -0.481 e. The van der Waals surface area contributed by atoms with Crippen LogP contribution in [-0.2, 0) is 17.6 Å². The minimum atomic E-state index is -4.73. The van der Waals surface area contributed by atoms with Crippen LogP contribution in [0.4, 0.5) is 13.2 Å². The second-order valence-corrected chi connectivity index (χ2v) is 11.0. The van der Waals surface area contributed by atoms with Gasteiger partial charge >= 0.3 is 12.3 Å². The monoisotopic (exact) mass is 502 g/mol. The van der Waals surface area contributed by atoms with E-state index in [0.29, 0.717) is 18.8 Å². The fourth-order valence-corrected chi connectivity index (χ4v) is 5.87. The number of halogens is 3. The maximum Gasteiger partial charge on any atom is 0.573 e. The number of alkyl halides is 3. The highest BCUT2D eigenvalue weighted by Gasteiger charge is 2.35. The Bertz CT molecular complexity index is 1250. The van der Waals surface area contributed by atoms with Gasteiger partial charge in [-0.3, -0.25) is 4.79 Å². The molecule has 1 saturated carbocycles. The normalized spacial score (nSPS) is 20.0. The van der Waals surface area contributed by atoms with Crippen molar-refractivity contribution in [3.8, 4) is 5.75 Å². The van der Waals surface area contributed by atoms with Crippen molar-refractivity contribution in [3.63, 3.8) is 0 Å². The summed E-state index contributed by atoms with van der Waals surface area (Å²) in [6, 6.07) is 10.3. The van der Waals surface area contributed by atoms with Crippen LogP contribution in [-0.4, -0.2) is 27.0 Å². The van der Waals surface area contributed by atoms with Crippen LogP contribution in [0.25, 0.3) is 11.0 Å². The Morgan fingerprint density at radius 2 is 1.89 bits per heavy atom. The number of carboxylic acids is 1. The lowest BCUT2D eigenvalue weighted by molar-refractivity contribution is -0.274. The van der Waals surface area contributed by atoms with Gasteiger partial charge in [-0.05, 0) is 84.9 Å². The van der Waals surface area contributed by atoms with E-state index in [0.717, 1.165) is 52.8 Å². The maximum absolute atomic E-state index is 12.6. The number of rotatable bonds is 7. The number of fused-ring (bicyclic) bond motifs is 1. The summed E-state index contributed by atoms with van der Waals surface area (Å²) in [6.45, 7) is 8.87. The van der Waals surface area contributed by atoms with Gasteiger partial charge in [-0.25, -0.2) is 4.98 Å². The molecule has 1 unspecified atom stereocenters. The molecule has 4 rings (SSSR count). The molecular weight excluding hydrogens is 469 g/mol. The maximum atomic E-state index is 12.6. The zero-order chi connectivity index (χ0) is 26.3. The summed E-state index contributed by atoms with van der Waals surface area (Å²) in [5.74, 6) is 0.330. The zero-order valence-electron chi connectivity index (χ0n) is 21.2. The minimum absolute atomic E-state index is 0.0561. The molecule has 3 aromatic rings. The molecule has 0 spiro atoms. The number of carboxylic acid groups (broad SMARTS) is 1. The molecule has 0 bridgehead atoms. The Morgan fingerprint density at radius 3 is 2.50 bits per heavy atom. The van der Waals surface area contributed by atoms with E-state index in [2.05, 4.69) is 36.1 Å². The lowest BCUT2D eigenvalue weighted by atomic mass is 9.70. The van der Waals surface area contributed by atoms with Crippen LogP contribution < -0.4 is 4.74 Å². The summed E-state index contributed by atoms with van der Waals surface area (Å²) in [4.78, 5) is 16.1. The second kappa shape index (κ2) is 9.79. The number of carbonyl (C=O) groups is 1. The lowest BCUT2D eigenvalue weighted by Crippen LogP contribution is -2.30. The number of nitrogens with zero attached hydrogens (tertiary/aromatic N) is 2. The summed E-state index contributed by atoms with van der Waals surface area (Å²) >= 11 is 0. The smallest absolute Gasteiger partial charge is 0.481 e. The summed E-state index contributed by atoms with van der Waals surface area (Å²) in [5, 5.41) is 9.13. The van der Waals surface area contributed by atoms with Crippen molar-refractivity contribution in [1.82, 2.24) is 9.55 Å². The standard InChI is InChI=1S/C28H33F3N2O3/c1-17-11-21(16-27(3,4)15-17)33-24-12-18(2)20(7-10-26(34)35)14-23(24)32-25(33)13-19-5-8-22(9-6-19)36-28(29,30)31/h5-6,8-9,12,14,17,21H,7,10-11,13,15-16H2,1-4H3,(H,34,35)/t17-,21?/m0/s1. The SMILES string of the molecule is Cc1cc2c(cc1CCC(=O)O)nc(Cc1ccc(OC(F)(F)F)cc1)n2C1C[C@H](C)CC(C)(C)C1. The number of aliphatic carboxylic acids is 1. The van der Waals surface area contributed by atoms with E-state index < -0.39 is 12.3 Å². The van der Waals surface area contributed by atoms with Crippen LogP contribution in [0.15, 0.2) is 36.4 Å². The van der Waals surface area contributed by atoms with Gasteiger partial charge in [0.25, 0.3) is 0 Å². The molecule has 194 valence electrons. The summed E-state index contributed by atoms with van der Waals surface area (Å²) in [5.41, 5.74) is 4.87. The van der Waals surface area contributed by atoms with Crippen LogP contribution in [0.2, 0.25) is 0 Å².